The molecule has 15 heavy (non-hydrogen) atoms. The lowest BCUT2D eigenvalue weighted by Crippen LogP contribution is -2.51. The Morgan fingerprint density at radius 3 is 2.13 bits per heavy atom. The number of hydrogen-bond donors (Lipinski definition) is 0. The maximum atomic E-state index is 2.68. The molecule has 0 N–H and O–H groups in total. The van der Waals surface area contributed by atoms with E-state index in [1.165, 1.54) is 38.8 Å². The normalized spacial score (nSPS) is 21.2. The van der Waals surface area contributed by atoms with Gasteiger partial charge in [0.05, 0.1) is 0 Å². The average Bonchev–Trinajstić information content (AvgIpc) is 2.18. The van der Waals surface area contributed by atoms with Crippen molar-refractivity contribution < 1.29 is 0 Å². The van der Waals surface area contributed by atoms with E-state index in [1.54, 1.807) is 0 Å². The summed E-state index contributed by atoms with van der Waals surface area (Å²) in [5, 5.41) is 0. The van der Waals surface area contributed by atoms with Crippen molar-refractivity contribution in [2.45, 2.75) is 58.0 Å². The molecule has 0 aromatic rings. The van der Waals surface area contributed by atoms with Crippen molar-refractivity contribution in [1.82, 2.24) is 9.80 Å². The fourth-order valence-corrected chi connectivity index (χ4v) is 2.76. The number of nitrogens with zero attached hydrogens (tertiary/aromatic N) is 2. The second-order valence-corrected chi connectivity index (χ2v) is 5.74. The second kappa shape index (κ2) is 5.31. The van der Waals surface area contributed by atoms with Gasteiger partial charge in [0.15, 0.2) is 0 Å². The molecule has 0 unspecified atom stereocenters. The Balaban J connectivity index is 2.43. The van der Waals surface area contributed by atoms with Gasteiger partial charge in [-0.2, -0.15) is 0 Å². The first-order valence-corrected chi connectivity index (χ1v) is 6.39. The molecule has 1 saturated heterocycles. The lowest BCUT2D eigenvalue weighted by Gasteiger charge is -2.44. The Labute approximate surface area is 95.6 Å². The van der Waals surface area contributed by atoms with Gasteiger partial charge < -0.3 is 4.90 Å². The lowest BCUT2D eigenvalue weighted by molar-refractivity contribution is 0.0564. The number of rotatable bonds is 4. The molecule has 1 fully saturated rings. The van der Waals surface area contributed by atoms with Crippen LogP contribution in [-0.4, -0.2) is 48.6 Å². The molecule has 0 saturated carbocycles. The zero-order valence-electron chi connectivity index (χ0n) is 11.2. The summed E-state index contributed by atoms with van der Waals surface area (Å²) >= 11 is 0. The van der Waals surface area contributed by atoms with Crippen LogP contribution in [0.25, 0.3) is 0 Å². The maximum absolute atomic E-state index is 2.68. The van der Waals surface area contributed by atoms with Crippen LogP contribution in [0.2, 0.25) is 0 Å². The highest BCUT2D eigenvalue weighted by Crippen LogP contribution is 2.25. The summed E-state index contributed by atoms with van der Waals surface area (Å²) in [6, 6.07) is 0.804. The third-order valence-corrected chi connectivity index (χ3v) is 3.91. The maximum Gasteiger partial charge on any atom is 0.0153 e. The largest absolute Gasteiger partial charge is 0.306 e. The monoisotopic (exact) mass is 212 g/mol. The Hall–Kier alpha value is -0.0800. The van der Waals surface area contributed by atoms with Crippen LogP contribution in [0.4, 0.5) is 0 Å². The quantitative estimate of drug-likeness (QED) is 0.707. The van der Waals surface area contributed by atoms with Gasteiger partial charge in [0.1, 0.15) is 0 Å². The molecular formula is C13H28N2. The molecule has 2 nitrogen and oxygen atoms in total. The number of likely N-dealkylation sites (tertiary alicyclic amines) is 1. The van der Waals surface area contributed by atoms with Crippen molar-refractivity contribution in [2.24, 2.45) is 0 Å². The number of piperidine rings is 1. The molecule has 1 aliphatic rings. The van der Waals surface area contributed by atoms with Gasteiger partial charge in [0.25, 0.3) is 0 Å². The van der Waals surface area contributed by atoms with Crippen molar-refractivity contribution in [2.75, 3.05) is 27.2 Å². The minimum Gasteiger partial charge on any atom is -0.306 e. The van der Waals surface area contributed by atoms with E-state index in [0.717, 1.165) is 6.04 Å². The van der Waals surface area contributed by atoms with E-state index < -0.39 is 0 Å². The van der Waals surface area contributed by atoms with Crippen molar-refractivity contribution >= 4 is 0 Å². The van der Waals surface area contributed by atoms with Gasteiger partial charge in [-0.15, -0.1) is 0 Å². The molecule has 1 aliphatic heterocycles. The van der Waals surface area contributed by atoms with Crippen LogP contribution in [0.5, 0.6) is 0 Å². The molecule has 0 spiro atoms. The fourth-order valence-electron chi connectivity index (χ4n) is 2.76. The summed E-state index contributed by atoms with van der Waals surface area (Å²) in [6.45, 7) is 9.62. The number of hydrogen-bond acceptors (Lipinski definition) is 2. The van der Waals surface area contributed by atoms with Crippen LogP contribution in [0.15, 0.2) is 0 Å². The second-order valence-electron chi connectivity index (χ2n) is 5.74. The van der Waals surface area contributed by atoms with Gasteiger partial charge in [-0.25, -0.2) is 0 Å². The molecule has 0 aliphatic carbocycles. The Kier molecular flexibility index (Phi) is 4.60. The van der Waals surface area contributed by atoms with Crippen LogP contribution in [0.3, 0.4) is 0 Å². The Morgan fingerprint density at radius 2 is 1.73 bits per heavy atom. The zero-order chi connectivity index (χ0) is 11.5. The van der Waals surface area contributed by atoms with Gasteiger partial charge in [0, 0.05) is 24.7 Å². The van der Waals surface area contributed by atoms with E-state index in [4.69, 9.17) is 0 Å². The van der Waals surface area contributed by atoms with Crippen LogP contribution < -0.4 is 0 Å². The van der Waals surface area contributed by atoms with E-state index in [0.29, 0.717) is 5.54 Å². The van der Waals surface area contributed by atoms with Gasteiger partial charge in [0.2, 0.25) is 0 Å². The molecule has 90 valence electrons. The molecule has 1 heterocycles. The molecule has 1 rings (SSSR count). The first-order valence-electron chi connectivity index (χ1n) is 6.39. The van der Waals surface area contributed by atoms with Gasteiger partial charge >= 0.3 is 0 Å². The molecular weight excluding hydrogens is 184 g/mol. The van der Waals surface area contributed by atoms with Gasteiger partial charge in [-0.3, -0.25) is 4.90 Å². The summed E-state index contributed by atoms with van der Waals surface area (Å²) in [7, 11) is 4.41. The fraction of sp³-hybridized carbons (Fsp3) is 1.00. The van der Waals surface area contributed by atoms with Crippen LogP contribution in [0, 0.1) is 0 Å². The van der Waals surface area contributed by atoms with Crippen molar-refractivity contribution in [3.63, 3.8) is 0 Å². The molecule has 2 heteroatoms. The third kappa shape index (κ3) is 3.46. The van der Waals surface area contributed by atoms with Crippen molar-refractivity contribution in [3.05, 3.63) is 0 Å². The third-order valence-electron chi connectivity index (χ3n) is 3.91. The summed E-state index contributed by atoms with van der Waals surface area (Å²) < 4.78 is 0. The van der Waals surface area contributed by atoms with E-state index in [1.807, 2.05) is 0 Å². The summed E-state index contributed by atoms with van der Waals surface area (Å²) in [5.74, 6) is 0. The molecule has 0 amide bonds. The Bertz CT molecular complexity index is 179. The lowest BCUT2D eigenvalue weighted by atomic mass is 9.92. The van der Waals surface area contributed by atoms with E-state index in [2.05, 4.69) is 44.7 Å². The summed E-state index contributed by atoms with van der Waals surface area (Å²) in [4.78, 5) is 5.06. The predicted octanol–water partition coefficient (Wildman–Crippen LogP) is 2.59. The highest BCUT2D eigenvalue weighted by Gasteiger charge is 2.30. The van der Waals surface area contributed by atoms with E-state index in [9.17, 15) is 0 Å². The predicted molar refractivity (Wildman–Crippen MR) is 67.3 cm³/mol. The molecule has 0 bridgehead atoms. The standard InChI is InChI=1S/C13H28N2/c1-6-9-13(2,3)15-10-7-12(8-11-15)14(4)5/h12H,6-11H2,1-5H3. The minimum absolute atomic E-state index is 0.409. The van der Waals surface area contributed by atoms with Crippen molar-refractivity contribution in [3.8, 4) is 0 Å². The highest BCUT2D eigenvalue weighted by atomic mass is 15.2. The smallest absolute Gasteiger partial charge is 0.0153 e. The van der Waals surface area contributed by atoms with Gasteiger partial charge in [-0.05, 0) is 47.2 Å². The van der Waals surface area contributed by atoms with Crippen LogP contribution >= 0.6 is 0 Å². The molecule has 0 atom stereocenters. The first-order chi connectivity index (χ1) is 6.97. The zero-order valence-corrected chi connectivity index (χ0v) is 11.2. The summed E-state index contributed by atoms with van der Waals surface area (Å²) in [5.41, 5.74) is 0.409. The Morgan fingerprint density at radius 1 is 1.20 bits per heavy atom. The SMILES string of the molecule is CCCC(C)(C)N1CCC(N(C)C)CC1. The van der Waals surface area contributed by atoms with Gasteiger partial charge in [-0.1, -0.05) is 13.3 Å². The first kappa shape index (κ1) is 13.0. The molecule has 0 aromatic carbocycles. The molecule has 0 radical (unpaired) electrons. The minimum atomic E-state index is 0.409. The summed E-state index contributed by atoms with van der Waals surface area (Å²) in [6.07, 6.45) is 5.28. The highest BCUT2D eigenvalue weighted by molar-refractivity contribution is 4.86. The van der Waals surface area contributed by atoms with Crippen molar-refractivity contribution in [1.29, 1.82) is 0 Å². The topological polar surface area (TPSA) is 6.48 Å². The van der Waals surface area contributed by atoms with Crippen LogP contribution in [0.1, 0.15) is 46.5 Å². The molecule has 0 aromatic heterocycles. The van der Waals surface area contributed by atoms with E-state index >= 15 is 0 Å². The van der Waals surface area contributed by atoms with E-state index in [-0.39, 0.29) is 0 Å². The van der Waals surface area contributed by atoms with Crippen LogP contribution in [-0.2, 0) is 0 Å². The average molecular weight is 212 g/mol.